The number of aryl methyl sites for hydroxylation is 1. The number of nitrogens with zero attached hydrogens (tertiary/aromatic N) is 3. The predicted octanol–water partition coefficient (Wildman–Crippen LogP) is 1.21. The van der Waals surface area contributed by atoms with E-state index < -0.39 is 0 Å². The lowest BCUT2D eigenvalue weighted by molar-refractivity contribution is 0.416. The third-order valence-corrected chi connectivity index (χ3v) is 3.75. The normalized spacial score (nSPS) is 11.0. The quantitative estimate of drug-likeness (QED) is 0.785. The van der Waals surface area contributed by atoms with Crippen LogP contribution in [-0.4, -0.2) is 27.8 Å². The minimum absolute atomic E-state index is 0.155. The van der Waals surface area contributed by atoms with Gasteiger partial charge >= 0.3 is 0 Å². The van der Waals surface area contributed by atoms with Gasteiger partial charge in [0.2, 0.25) is 0 Å². The highest BCUT2D eigenvalue weighted by Crippen LogP contribution is 2.28. The summed E-state index contributed by atoms with van der Waals surface area (Å²) in [6, 6.07) is 11.1. The molecule has 114 valence electrons. The fraction of sp³-hybridized carbons (Fsp3) is 0.250. The summed E-state index contributed by atoms with van der Waals surface area (Å²) in [6.45, 7) is 0.497. The number of hydrogen-bond donors (Lipinski definition) is 1. The molecule has 0 atom stereocenters. The number of fused-ring (bicyclic) bond motifs is 1. The molecule has 3 rings (SSSR count). The molecule has 0 fully saturated rings. The number of nitrogens with two attached hydrogens (primary N) is 1. The zero-order valence-corrected chi connectivity index (χ0v) is 12.6. The maximum Gasteiger partial charge on any atom is 0.274 e. The van der Waals surface area contributed by atoms with Gasteiger partial charge in [-0.25, -0.2) is 0 Å². The highest BCUT2D eigenvalue weighted by Gasteiger charge is 2.13. The van der Waals surface area contributed by atoms with Gasteiger partial charge in [0, 0.05) is 36.9 Å². The number of methoxy groups -OCH3 is 1. The van der Waals surface area contributed by atoms with Crippen LogP contribution in [0, 0.1) is 0 Å². The van der Waals surface area contributed by atoms with Crippen molar-refractivity contribution in [2.24, 2.45) is 12.8 Å². The summed E-state index contributed by atoms with van der Waals surface area (Å²) in [6.07, 6.45) is 0.650. The van der Waals surface area contributed by atoms with Gasteiger partial charge in [0.1, 0.15) is 11.4 Å². The van der Waals surface area contributed by atoms with Gasteiger partial charge in [-0.2, -0.15) is 9.61 Å². The van der Waals surface area contributed by atoms with Crippen LogP contribution in [-0.2, 0) is 13.5 Å². The van der Waals surface area contributed by atoms with Crippen LogP contribution in [0.5, 0.6) is 5.75 Å². The Labute approximate surface area is 127 Å². The van der Waals surface area contributed by atoms with Gasteiger partial charge in [-0.15, -0.1) is 0 Å². The summed E-state index contributed by atoms with van der Waals surface area (Å²) in [5.74, 6) is 0.725. The second-order valence-corrected chi connectivity index (χ2v) is 5.07. The van der Waals surface area contributed by atoms with Crippen LogP contribution in [0.2, 0.25) is 0 Å². The largest absolute Gasteiger partial charge is 0.496 e. The molecule has 3 aromatic rings. The van der Waals surface area contributed by atoms with Crippen molar-refractivity contribution in [3.8, 4) is 17.0 Å². The Balaban J connectivity index is 2.24. The standard InChI is InChI=1S/C16H18N4O2/c1-19-11(7-8-17)9-16(21)20-15(19)10-13(18-20)12-5-3-4-6-14(12)22-2/h3-6,9-10H,7-8,17H2,1-2H3. The van der Waals surface area contributed by atoms with Crippen LogP contribution in [0.1, 0.15) is 5.69 Å². The third kappa shape index (κ3) is 2.27. The van der Waals surface area contributed by atoms with Crippen molar-refractivity contribution in [2.75, 3.05) is 13.7 Å². The summed E-state index contributed by atoms with van der Waals surface area (Å²) in [5.41, 5.74) is 8.64. The summed E-state index contributed by atoms with van der Waals surface area (Å²) < 4.78 is 8.72. The lowest BCUT2D eigenvalue weighted by Gasteiger charge is -2.08. The van der Waals surface area contributed by atoms with E-state index in [0.29, 0.717) is 18.7 Å². The summed E-state index contributed by atoms with van der Waals surface area (Å²) in [5, 5.41) is 4.43. The molecule has 0 radical (unpaired) electrons. The molecule has 0 saturated heterocycles. The number of rotatable bonds is 4. The molecule has 0 aliphatic carbocycles. The van der Waals surface area contributed by atoms with Gasteiger partial charge in [-0.1, -0.05) is 12.1 Å². The molecule has 2 aromatic heterocycles. The zero-order valence-electron chi connectivity index (χ0n) is 12.6. The van der Waals surface area contributed by atoms with Gasteiger partial charge in [-0.3, -0.25) is 4.79 Å². The van der Waals surface area contributed by atoms with Crippen LogP contribution < -0.4 is 16.0 Å². The Morgan fingerprint density at radius 2 is 2.05 bits per heavy atom. The first kappa shape index (κ1) is 14.3. The average molecular weight is 298 g/mol. The SMILES string of the molecule is COc1ccccc1-c1cc2n(C)c(CCN)cc(=O)n2n1. The lowest BCUT2D eigenvalue weighted by Crippen LogP contribution is -2.21. The van der Waals surface area contributed by atoms with E-state index in [4.69, 9.17) is 10.5 Å². The van der Waals surface area contributed by atoms with Crippen molar-refractivity contribution in [3.05, 3.63) is 52.4 Å². The molecule has 0 aliphatic rings. The summed E-state index contributed by atoms with van der Waals surface area (Å²) in [7, 11) is 3.53. The van der Waals surface area contributed by atoms with Gasteiger partial charge in [-0.05, 0) is 18.7 Å². The van der Waals surface area contributed by atoms with E-state index in [1.807, 2.05) is 41.9 Å². The summed E-state index contributed by atoms with van der Waals surface area (Å²) >= 11 is 0. The monoisotopic (exact) mass is 298 g/mol. The highest BCUT2D eigenvalue weighted by molar-refractivity contribution is 5.70. The van der Waals surface area contributed by atoms with E-state index in [-0.39, 0.29) is 5.56 Å². The second kappa shape index (κ2) is 5.65. The molecule has 0 amide bonds. The number of hydrogen-bond acceptors (Lipinski definition) is 4. The van der Waals surface area contributed by atoms with Crippen LogP contribution >= 0.6 is 0 Å². The van der Waals surface area contributed by atoms with E-state index >= 15 is 0 Å². The van der Waals surface area contributed by atoms with Gasteiger partial charge in [0.25, 0.3) is 5.56 Å². The maximum absolute atomic E-state index is 12.2. The van der Waals surface area contributed by atoms with Crippen molar-refractivity contribution in [1.82, 2.24) is 14.2 Å². The smallest absolute Gasteiger partial charge is 0.274 e. The van der Waals surface area contributed by atoms with Crippen molar-refractivity contribution in [2.45, 2.75) is 6.42 Å². The Bertz CT molecular complexity index is 879. The minimum Gasteiger partial charge on any atom is -0.496 e. The third-order valence-electron chi connectivity index (χ3n) is 3.75. The fourth-order valence-corrected chi connectivity index (χ4v) is 2.60. The zero-order chi connectivity index (χ0) is 15.7. The molecule has 6 heteroatoms. The van der Waals surface area contributed by atoms with Crippen molar-refractivity contribution >= 4 is 5.65 Å². The molecule has 22 heavy (non-hydrogen) atoms. The first-order chi connectivity index (χ1) is 10.7. The van der Waals surface area contributed by atoms with Gasteiger partial charge in [0.05, 0.1) is 12.8 Å². The predicted molar refractivity (Wildman–Crippen MR) is 85.2 cm³/mol. The molecular weight excluding hydrogens is 280 g/mol. The first-order valence-corrected chi connectivity index (χ1v) is 7.08. The lowest BCUT2D eigenvalue weighted by atomic mass is 10.1. The van der Waals surface area contributed by atoms with Crippen LogP contribution in [0.4, 0.5) is 0 Å². The second-order valence-electron chi connectivity index (χ2n) is 5.07. The molecule has 0 spiro atoms. The molecular formula is C16H18N4O2. The van der Waals surface area contributed by atoms with Crippen LogP contribution in [0.15, 0.2) is 41.2 Å². The van der Waals surface area contributed by atoms with Gasteiger partial charge in [0.15, 0.2) is 0 Å². The van der Waals surface area contributed by atoms with Gasteiger partial charge < -0.3 is 15.0 Å². The Morgan fingerprint density at radius 3 is 2.77 bits per heavy atom. The van der Waals surface area contributed by atoms with E-state index in [1.165, 1.54) is 4.52 Å². The Hall–Kier alpha value is -2.60. The number of ether oxygens (including phenoxy) is 1. The first-order valence-electron chi connectivity index (χ1n) is 7.08. The van der Waals surface area contributed by atoms with Crippen LogP contribution in [0.3, 0.4) is 0 Å². The highest BCUT2D eigenvalue weighted by atomic mass is 16.5. The van der Waals surface area contributed by atoms with Crippen LogP contribution in [0.25, 0.3) is 16.9 Å². The summed E-state index contributed by atoms with van der Waals surface area (Å²) in [4.78, 5) is 12.2. The number of benzene rings is 1. The number of para-hydroxylation sites is 1. The fourth-order valence-electron chi connectivity index (χ4n) is 2.60. The topological polar surface area (TPSA) is 74.5 Å². The molecule has 1 aromatic carbocycles. The van der Waals surface area contributed by atoms with Crippen molar-refractivity contribution in [1.29, 1.82) is 0 Å². The minimum atomic E-state index is -0.155. The van der Waals surface area contributed by atoms with Crippen molar-refractivity contribution < 1.29 is 4.74 Å². The molecule has 2 N–H and O–H groups in total. The van der Waals surface area contributed by atoms with E-state index in [1.54, 1.807) is 13.2 Å². The average Bonchev–Trinajstić information content (AvgIpc) is 2.98. The molecule has 0 bridgehead atoms. The van der Waals surface area contributed by atoms with E-state index in [2.05, 4.69) is 5.10 Å². The Morgan fingerprint density at radius 1 is 1.27 bits per heavy atom. The maximum atomic E-state index is 12.2. The molecule has 0 aliphatic heterocycles. The van der Waals surface area contributed by atoms with E-state index in [9.17, 15) is 4.79 Å². The molecule has 2 heterocycles. The number of aromatic nitrogens is 3. The molecule has 0 saturated carbocycles. The van der Waals surface area contributed by atoms with Crippen molar-refractivity contribution in [3.63, 3.8) is 0 Å². The Kier molecular flexibility index (Phi) is 3.68. The molecule has 6 nitrogen and oxygen atoms in total. The molecule has 0 unspecified atom stereocenters. The van der Waals surface area contributed by atoms with E-state index in [0.717, 1.165) is 22.7 Å².